The maximum absolute atomic E-state index is 11.8. The lowest BCUT2D eigenvalue weighted by molar-refractivity contribution is -0.116. The van der Waals surface area contributed by atoms with E-state index >= 15 is 0 Å². The highest BCUT2D eigenvalue weighted by atomic mass is 16.6. The van der Waals surface area contributed by atoms with E-state index in [0.717, 1.165) is 0 Å². The molecule has 2 rings (SSSR count). The molecule has 5 nitrogen and oxygen atoms in total. The average Bonchev–Trinajstić information content (AvgIpc) is 2.62. The summed E-state index contributed by atoms with van der Waals surface area (Å²) < 4.78 is 10.1. The summed E-state index contributed by atoms with van der Waals surface area (Å²) in [5.74, 6) is -1.07. The van der Waals surface area contributed by atoms with Gasteiger partial charge in [0, 0.05) is 6.42 Å². The molecule has 0 aromatic heterocycles. The minimum atomic E-state index is -0.953. The van der Waals surface area contributed by atoms with E-state index in [1.54, 1.807) is 60.7 Å². The molecule has 0 bridgehead atoms. The monoisotopic (exact) mass is 312 g/mol. The zero-order chi connectivity index (χ0) is 16.5. The Morgan fingerprint density at radius 3 is 1.91 bits per heavy atom. The molecular formula is C18H16O5. The smallest absolute Gasteiger partial charge is 0.338 e. The second-order valence-electron chi connectivity index (χ2n) is 4.74. The van der Waals surface area contributed by atoms with Gasteiger partial charge in [-0.25, -0.2) is 9.59 Å². The van der Waals surface area contributed by atoms with Crippen molar-refractivity contribution < 1.29 is 23.9 Å². The molecule has 118 valence electrons. The van der Waals surface area contributed by atoms with Crippen molar-refractivity contribution in [1.29, 1.82) is 0 Å². The topological polar surface area (TPSA) is 69.7 Å². The van der Waals surface area contributed by atoms with Crippen molar-refractivity contribution in [1.82, 2.24) is 0 Å². The lowest BCUT2D eigenvalue weighted by Crippen LogP contribution is -2.22. The maximum Gasteiger partial charge on any atom is 0.338 e. The van der Waals surface area contributed by atoms with Crippen LogP contribution in [0.5, 0.6) is 0 Å². The molecule has 0 fully saturated rings. The first-order valence-corrected chi connectivity index (χ1v) is 7.14. The fourth-order valence-electron chi connectivity index (χ4n) is 1.86. The van der Waals surface area contributed by atoms with Crippen molar-refractivity contribution in [2.24, 2.45) is 0 Å². The fourth-order valence-corrected chi connectivity index (χ4v) is 1.86. The third kappa shape index (κ3) is 5.07. The normalized spacial score (nSPS) is 11.3. The van der Waals surface area contributed by atoms with Gasteiger partial charge in [-0.3, -0.25) is 4.79 Å². The van der Waals surface area contributed by atoms with Gasteiger partial charge in [-0.1, -0.05) is 36.4 Å². The summed E-state index contributed by atoms with van der Waals surface area (Å²) in [6.07, 6.45) is -0.316. The van der Waals surface area contributed by atoms with Gasteiger partial charge in [-0.2, -0.15) is 0 Å². The van der Waals surface area contributed by atoms with Crippen LogP contribution in [0.25, 0.3) is 0 Å². The molecule has 0 saturated carbocycles. The number of carbonyl (C=O) groups excluding carboxylic acids is 3. The molecule has 2 aromatic carbocycles. The largest absolute Gasteiger partial charge is 0.462 e. The summed E-state index contributed by atoms with van der Waals surface area (Å²) in [6.45, 7) is -0.0147. The van der Waals surface area contributed by atoms with Gasteiger partial charge < -0.3 is 9.47 Å². The number of benzene rings is 2. The molecule has 0 amide bonds. The quantitative estimate of drug-likeness (QED) is 0.580. The number of rotatable bonds is 7. The Balaban J connectivity index is 1.80. The van der Waals surface area contributed by atoms with Crippen molar-refractivity contribution in [3.05, 3.63) is 71.8 Å². The van der Waals surface area contributed by atoms with Crippen molar-refractivity contribution in [2.45, 2.75) is 12.5 Å². The summed E-state index contributed by atoms with van der Waals surface area (Å²) in [4.78, 5) is 34.6. The summed E-state index contributed by atoms with van der Waals surface area (Å²) in [6, 6.07) is 16.9. The molecule has 2 aromatic rings. The number of ether oxygens (including phenoxy) is 2. The van der Waals surface area contributed by atoms with Crippen molar-refractivity contribution in [3.8, 4) is 0 Å². The number of aldehydes is 1. The lowest BCUT2D eigenvalue weighted by Gasteiger charge is -2.12. The van der Waals surface area contributed by atoms with Crippen LogP contribution in [0.2, 0.25) is 0 Å². The van der Waals surface area contributed by atoms with Crippen molar-refractivity contribution >= 4 is 18.2 Å². The molecule has 0 aliphatic carbocycles. The first-order chi connectivity index (χ1) is 11.2. The van der Waals surface area contributed by atoms with Crippen LogP contribution in [0.3, 0.4) is 0 Å². The molecule has 0 unspecified atom stereocenters. The van der Waals surface area contributed by atoms with Crippen LogP contribution in [0.15, 0.2) is 60.7 Å². The van der Waals surface area contributed by atoms with E-state index in [4.69, 9.17) is 9.47 Å². The van der Waals surface area contributed by atoms with Gasteiger partial charge in [0.25, 0.3) is 0 Å². The predicted molar refractivity (Wildman–Crippen MR) is 83.1 cm³/mol. The Kier molecular flexibility index (Phi) is 6.06. The molecule has 0 N–H and O–H groups in total. The minimum Gasteiger partial charge on any atom is -0.462 e. The fraction of sp³-hybridized carbons (Fsp3) is 0.167. The Bertz CT molecular complexity index is 652. The Morgan fingerprint density at radius 1 is 0.870 bits per heavy atom. The van der Waals surface area contributed by atoms with Crippen LogP contribution in [0, 0.1) is 0 Å². The van der Waals surface area contributed by atoms with Gasteiger partial charge in [0.15, 0.2) is 12.4 Å². The molecule has 1 atom stereocenters. The van der Waals surface area contributed by atoms with E-state index in [2.05, 4.69) is 0 Å². The van der Waals surface area contributed by atoms with Crippen LogP contribution < -0.4 is 0 Å². The van der Waals surface area contributed by atoms with E-state index in [-0.39, 0.29) is 13.0 Å². The highest BCUT2D eigenvalue weighted by Crippen LogP contribution is 2.07. The molecular weight excluding hydrogens is 296 g/mol. The van der Waals surface area contributed by atoms with Gasteiger partial charge in [0.1, 0.15) is 0 Å². The number of hydrogen-bond donors (Lipinski definition) is 0. The molecule has 23 heavy (non-hydrogen) atoms. The summed E-state index contributed by atoms with van der Waals surface area (Å²) in [5.41, 5.74) is 0.789. The van der Waals surface area contributed by atoms with Gasteiger partial charge in [-0.05, 0) is 24.3 Å². The first-order valence-electron chi connectivity index (χ1n) is 7.14. The molecule has 5 heteroatoms. The standard InChI is InChI=1S/C18H16O5/c19-13-16(23-18(21)15-9-5-2-6-10-15)11-12-22-17(20)14-7-3-1-4-8-14/h1-10,13,16H,11-12H2/t16-/m1/s1. The number of carbonyl (C=O) groups is 3. The van der Waals surface area contributed by atoms with E-state index in [1.165, 1.54) is 0 Å². The van der Waals surface area contributed by atoms with Crippen molar-refractivity contribution in [2.75, 3.05) is 6.61 Å². The zero-order valence-corrected chi connectivity index (χ0v) is 12.4. The molecule has 0 aliphatic heterocycles. The van der Waals surface area contributed by atoms with Crippen LogP contribution in [-0.4, -0.2) is 30.9 Å². The second-order valence-corrected chi connectivity index (χ2v) is 4.74. The SMILES string of the molecule is O=C[C@@H](CCOC(=O)c1ccccc1)OC(=O)c1ccccc1. The average molecular weight is 312 g/mol. The summed E-state index contributed by atoms with van der Waals surface area (Å²) >= 11 is 0. The molecule has 0 spiro atoms. The van der Waals surface area contributed by atoms with Crippen LogP contribution in [0.1, 0.15) is 27.1 Å². The summed E-state index contributed by atoms with van der Waals surface area (Å²) in [5, 5.41) is 0. The van der Waals surface area contributed by atoms with Crippen molar-refractivity contribution in [3.63, 3.8) is 0 Å². The first kappa shape index (κ1) is 16.4. The van der Waals surface area contributed by atoms with Gasteiger partial charge >= 0.3 is 11.9 Å². The number of esters is 2. The number of hydrogen-bond acceptors (Lipinski definition) is 5. The predicted octanol–water partition coefficient (Wildman–Crippen LogP) is 2.66. The van der Waals surface area contributed by atoms with E-state index in [9.17, 15) is 14.4 Å². The van der Waals surface area contributed by atoms with Gasteiger partial charge in [0.05, 0.1) is 17.7 Å². The zero-order valence-electron chi connectivity index (χ0n) is 12.4. The van der Waals surface area contributed by atoms with Gasteiger partial charge in [-0.15, -0.1) is 0 Å². The van der Waals surface area contributed by atoms with E-state index in [1.807, 2.05) is 0 Å². The molecule has 0 heterocycles. The van der Waals surface area contributed by atoms with E-state index in [0.29, 0.717) is 17.4 Å². The lowest BCUT2D eigenvalue weighted by atomic mass is 10.2. The summed E-state index contributed by atoms with van der Waals surface area (Å²) in [7, 11) is 0. The minimum absolute atomic E-state index is 0.0147. The highest BCUT2D eigenvalue weighted by Gasteiger charge is 2.16. The third-order valence-corrected chi connectivity index (χ3v) is 3.06. The van der Waals surface area contributed by atoms with E-state index < -0.39 is 18.0 Å². The molecule has 0 aliphatic rings. The van der Waals surface area contributed by atoms with Crippen LogP contribution in [0.4, 0.5) is 0 Å². The van der Waals surface area contributed by atoms with Crippen LogP contribution in [-0.2, 0) is 14.3 Å². The Morgan fingerprint density at radius 2 is 1.39 bits per heavy atom. The third-order valence-electron chi connectivity index (χ3n) is 3.06. The highest BCUT2D eigenvalue weighted by molar-refractivity contribution is 5.90. The van der Waals surface area contributed by atoms with Gasteiger partial charge in [0.2, 0.25) is 0 Å². The Labute approximate surface area is 133 Å². The Hall–Kier alpha value is -2.95. The maximum atomic E-state index is 11.8. The van der Waals surface area contributed by atoms with Crippen LogP contribution >= 0.6 is 0 Å². The molecule has 0 saturated heterocycles. The second kappa shape index (κ2) is 8.48. The molecule has 0 radical (unpaired) electrons.